The highest BCUT2D eigenvalue weighted by Gasteiger charge is 2.12. The van der Waals surface area contributed by atoms with Gasteiger partial charge < -0.3 is 14.6 Å². The van der Waals surface area contributed by atoms with Crippen LogP contribution < -0.4 is 15.4 Å². The first-order chi connectivity index (χ1) is 12.1. The van der Waals surface area contributed by atoms with Gasteiger partial charge in [0.25, 0.3) is 5.91 Å². The molecule has 0 saturated heterocycles. The maximum atomic E-state index is 12.0. The number of nitrogens with zero attached hydrogens (tertiary/aromatic N) is 1. The molecule has 0 aliphatic carbocycles. The molecule has 126 valence electrons. The van der Waals surface area contributed by atoms with Crippen LogP contribution in [0.5, 0.6) is 11.5 Å². The van der Waals surface area contributed by atoms with Crippen LogP contribution in [-0.2, 0) is 0 Å². The van der Waals surface area contributed by atoms with Crippen molar-refractivity contribution < 1.29 is 14.1 Å². The largest absolute Gasteiger partial charge is 0.457 e. The van der Waals surface area contributed by atoms with Gasteiger partial charge in [-0.1, -0.05) is 29.4 Å². The number of carbonyl (C=O) groups is 1. The predicted molar refractivity (Wildman–Crippen MR) is 97.9 cm³/mol. The molecule has 0 aliphatic rings. The minimum atomic E-state index is -0.439. The second-order valence-electron chi connectivity index (χ2n) is 5.17. The monoisotopic (exact) mass is 353 g/mol. The van der Waals surface area contributed by atoms with Gasteiger partial charge in [-0.25, -0.2) is 0 Å². The van der Waals surface area contributed by atoms with E-state index in [9.17, 15) is 4.79 Å². The molecule has 0 saturated carbocycles. The van der Waals surface area contributed by atoms with E-state index in [0.717, 1.165) is 5.75 Å². The Hall–Kier alpha value is -3.19. The van der Waals surface area contributed by atoms with Crippen LogP contribution in [0.3, 0.4) is 0 Å². The fourth-order valence-corrected chi connectivity index (χ4v) is 2.28. The van der Waals surface area contributed by atoms with Crippen LogP contribution in [0, 0.1) is 6.92 Å². The highest BCUT2D eigenvalue weighted by atomic mass is 32.1. The highest BCUT2D eigenvalue weighted by molar-refractivity contribution is 7.80. The summed E-state index contributed by atoms with van der Waals surface area (Å²) >= 11 is 5.15. The van der Waals surface area contributed by atoms with Crippen LogP contribution in [0.2, 0.25) is 0 Å². The Labute approximate surface area is 149 Å². The standard InChI is InChI=1S/C18H15N3O3S/c1-12-10-16(21-24-12)17(22)20-18(25)19-13-6-5-9-15(11-13)23-14-7-3-2-4-8-14/h2-11H,1H3,(H2,19,20,22,25). The number of hydrogen-bond donors (Lipinski definition) is 2. The summed E-state index contributed by atoms with van der Waals surface area (Å²) in [4.78, 5) is 12.0. The number of anilines is 1. The van der Waals surface area contributed by atoms with E-state index in [1.54, 1.807) is 13.0 Å². The summed E-state index contributed by atoms with van der Waals surface area (Å²) in [6.45, 7) is 1.71. The number of hydrogen-bond acceptors (Lipinski definition) is 5. The molecule has 2 N–H and O–H groups in total. The second kappa shape index (κ2) is 7.59. The van der Waals surface area contributed by atoms with Crippen molar-refractivity contribution in [1.82, 2.24) is 10.5 Å². The lowest BCUT2D eigenvalue weighted by atomic mass is 10.3. The summed E-state index contributed by atoms with van der Waals surface area (Å²) in [5.41, 5.74) is 0.859. The molecule has 1 aromatic heterocycles. The van der Waals surface area contributed by atoms with E-state index in [1.165, 1.54) is 6.07 Å². The Morgan fingerprint density at radius 2 is 1.84 bits per heavy atom. The topological polar surface area (TPSA) is 76.4 Å². The zero-order valence-corrected chi connectivity index (χ0v) is 14.2. The van der Waals surface area contributed by atoms with Crippen molar-refractivity contribution in [2.45, 2.75) is 6.92 Å². The number of carbonyl (C=O) groups excluding carboxylic acids is 1. The number of para-hydroxylation sites is 1. The Balaban J connectivity index is 1.61. The molecule has 0 fully saturated rings. The summed E-state index contributed by atoms with van der Waals surface area (Å²) in [6.07, 6.45) is 0. The molecule has 0 radical (unpaired) electrons. The molecule has 3 aromatic rings. The Bertz CT molecular complexity index is 893. The van der Waals surface area contributed by atoms with Crippen molar-refractivity contribution in [3.05, 3.63) is 72.1 Å². The summed E-state index contributed by atoms with van der Waals surface area (Å²) in [5.74, 6) is 1.50. The van der Waals surface area contributed by atoms with Gasteiger partial charge in [-0.2, -0.15) is 0 Å². The van der Waals surface area contributed by atoms with E-state index in [4.69, 9.17) is 21.5 Å². The molecule has 0 aliphatic heterocycles. The van der Waals surface area contributed by atoms with Crippen molar-refractivity contribution in [2.75, 3.05) is 5.32 Å². The number of aryl methyl sites for hydroxylation is 1. The van der Waals surface area contributed by atoms with Crippen molar-refractivity contribution >= 4 is 28.9 Å². The minimum Gasteiger partial charge on any atom is -0.457 e. The van der Waals surface area contributed by atoms with E-state index >= 15 is 0 Å². The van der Waals surface area contributed by atoms with E-state index in [2.05, 4.69) is 15.8 Å². The van der Waals surface area contributed by atoms with Crippen LogP contribution in [0.1, 0.15) is 16.2 Å². The molecule has 2 aromatic carbocycles. The number of nitrogens with one attached hydrogen (secondary N) is 2. The molecule has 0 atom stereocenters. The first kappa shape index (κ1) is 16.7. The van der Waals surface area contributed by atoms with Gasteiger partial charge in [0.1, 0.15) is 17.3 Å². The average molecular weight is 353 g/mol. The summed E-state index contributed by atoms with van der Waals surface area (Å²) in [5, 5.41) is 9.28. The molecule has 3 rings (SSSR count). The molecule has 1 heterocycles. The van der Waals surface area contributed by atoms with Crippen molar-refractivity contribution in [2.24, 2.45) is 0 Å². The van der Waals surface area contributed by atoms with Gasteiger partial charge >= 0.3 is 0 Å². The maximum absolute atomic E-state index is 12.0. The first-order valence-corrected chi connectivity index (χ1v) is 7.89. The zero-order valence-electron chi connectivity index (χ0n) is 13.4. The van der Waals surface area contributed by atoms with Crippen LogP contribution in [0.15, 0.2) is 65.2 Å². The van der Waals surface area contributed by atoms with Crippen molar-refractivity contribution in [1.29, 1.82) is 0 Å². The van der Waals surface area contributed by atoms with Gasteiger partial charge in [0.2, 0.25) is 0 Å². The molecule has 0 spiro atoms. The molecule has 7 heteroatoms. The van der Waals surface area contributed by atoms with E-state index in [0.29, 0.717) is 17.2 Å². The summed E-state index contributed by atoms with van der Waals surface area (Å²) in [7, 11) is 0. The summed E-state index contributed by atoms with van der Waals surface area (Å²) < 4.78 is 10.6. The molecular formula is C18H15N3O3S. The number of rotatable bonds is 4. The SMILES string of the molecule is Cc1cc(C(=O)NC(=S)Nc2cccc(Oc3ccccc3)c2)no1. The number of benzene rings is 2. The highest BCUT2D eigenvalue weighted by Crippen LogP contribution is 2.23. The fourth-order valence-electron chi connectivity index (χ4n) is 2.06. The lowest BCUT2D eigenvalue weighted by Crippen LogP contribution is -2.34. The number of aromatic nitrogens is 1. The van der Waals surface area contributed by atoms with E-state index in [1.807, 2.05) is 48.5 Å². The fraction of sp³-hybridized carbons (Fsp3) is 0.0556. The van der Waals surface area contributed by atoms with Gasteiger partial charge in [0.15, 0.2) is 10.8 Å². The molecular weight excluding hydrogens is 338 g/mol. The van der Waals surface area contributed by atoms with Crippen molar-refractivity contribution in [3.63, 3.8) is 0 Å². The van der Waals surface area contributed by atoms with Gasteiger partial charge in [-0.15, -0.1) is 0 Å². The average Bonchev–Trinajstić information content (AvgIpc) is 3.02. The predicted octanol–water partition coefficient (Wildman–Crippen LogP) is 3.90. The van der Waals surface area contributed by atoms with Crippen LogP contribution >= 0.6 is 12.2 Å². The molecule has 0 unspecified atom stereocenters. The molecule has 1 amide bonds. The molecule has 6 nitrogen and oxygen atoms in total. The Kier molecular flexibility index (Phi) is 5.06. The first-order valence-electron chi connectivity index (χ1n) is 7.49. The molecule has 25 heavy (non-hydrogen) atoms. The normalized spacial score (nSPS) is 10.1. The Morgan fingerprint density at radius 1 is 1.08 bits per heavy atom. The maximum Gasteiger partial charge on any atom is 0.279 e. The van der Waals surface area contributed by atoms with Crippen LogP contribution in [0.25, 0.3) is 0 Å². The number of ether oxygens (including phenoxy) is 1. The van der Waals surface area contributed by atoms with E-state index < -0.39 is 5.91 Å². The quantitative estimate of drug-likeness (QED) is 0.693. The summed E-state index contributed by atoms with van der Waals surface area (Å²) in [6, 6.07) is 18.2. The number of amides is 1. The van der Waals surface area contributed by atoms with Gasteiger partial charge in [-0.05, 0) is 43.4 Å². The van der Waals surface area contributed by atoms with Gasteiger partial charge in [-0.3, -0.25) is 10.1 Å². The van der Waals surface area contributed by atoms with Crippen molar-refractivity contribution in [3.8, 4) is 11.5 Å². The lowest BCUT2D eigenvalue weighted by molar-refractivity contribution is 0.0969. The lowest BCUT2D eigenvalue weighted by Gasteiger charge is -2.10. The zero-order chi connectivity index (χ0) is 17.6. The van der Waals surface area contributed by atoms with Crippen LogP contribution in [-0.4, -0.2) is 16.2 Å². The third-order valence-electron chi connectivity index (χ3n) is 3.16. The third kappa shape index (κ3) is 4.65. The number of thiocarbonyl (C=S) groups is 1. The Morgan fingerprint density at radius 3 is 2.56 bits per heavy atom. The van der Waals surface area contributed by atoms with E-state index in [-0.39, 0.29) is 10.8 Å². The second-order valence-corrected chi connectivity index (χ2v) is 5.58. The van der Waals surface area contributed by atoms with Gasteiger partial charge in [0, 0.05) is 17.8 Å². The third-order valence-corrected chi connectivity index (χ3v) is 3.36. The molecule has 0 bridgehead atoms. The van der Waals surface area contributed by atoms with Gasteiger partial charge in [0.05, 0.1) is 0 Å². The van der Waals surface area contributed by atoms with Crippen LogP contribution in [0.4, 0.5) is 5.69 Å². The smallest absolute Gasteiger partial charge is 0.279 e. The minimum absolute atomic E-state index is 0.155.